The van der Waals surface area contributed by atoms with Gasteiger partial charge in [-0.25, -0.2) is 4.98 Å². The zero-order valence-corrected chi connectivity index (χ0v) is 15.2. The maximum Gasteiger partial charge on any atom is 0.257 e. The summed E-state index contributed by atoms with van der Waals surface area (Å²) in [6.07, 6.45) is 6.41. The first kappa shape index (κ1) is 17.3. The topological polar surface area (TPSA) is 61.6 Å². The van der Waals surface area contributed by atoms with E-state index in [1.54, 1.807) is 12.3 Å². The summed E-state index contributed by atoms with van der Waals surface area (Å²) in [6.45, 7) is 3.38. The molecule has 6 nitrogen and oxygen atoms in total. The zero-order chi connectivity index (χ0) is 17.8. The van der Waals surface area contributed by atoms with Gasteiger partial charge in [0.05, 0.1) is 23.7 Å². The third-order valence-electron chi connectivity index (χ3n) is 4.68. The molecule has 1 saturated heterocycles. The molecule has 1 aliphatic heterocycles. The van der Waals surface area contributed by atoms with Gasteiger partial charge in [-0.1, -0.05) is 0 Å². The molecule has 1 N–H and O–H groups in total. The van der Waals surface area contributed by atoms with Crippen molar-refractivity contribution in [2.45, 2.75) is 32.2 Å². The molecule has 1 aliphatic rings. The van der Waals surface area contributed by atoms with Gasteiger partial charge in [-0.2, -0.15) is 0 Å². The summed E-state index contributed by atoms with van der Waals surface area (Å²) < 4.78 is 5.26. The summed E-state index contributed by atoms with van der Waals surface area (Å²) in [5.41, 5.74) is 1.70. The van der Waals surface area contributed by atoms with E-state index in [4.69, 9.17) is 4.42 Å². The lowest BCUT2D eigenvalue weighted by Gasteiger charge is -2.21. The number of anilines is 2. The number of likely N-dealkylation sites (tertiary alicyclic amines) is 1. The van der Waals surface area contributed by atoms with Gasteiger partial charge in [-0.3, -0.25) is 4.79 Å². The molecule has 6 heteroatoms. The Morgan fingerprint density at radius 3 is 2.76 bits per heavy atom. The van der Waals surface area contributed by atoms with Gasteiger partial charge >= 0.3 is 0 Å². The summed E-state index contributed by atoms with van der Waals surface area (Å²) in [5.74, 6) is 1.71. The molecule has 25 heavy (non-hydrogen) atoms. The Morgan fingerprint density at radius 2 is 2.12 bits per heavy atom. The maximum atomic E-state index is 12.6. The van der Waals surface area contributed by atoms with E-state index < -0.39 is 0 Å². The minimum Gasteiger partial charge on any atom is -0.469 e. The summed E-state index contributed by atoms with van der Waals surface area (Å²) >= 11 is 0. The summed E-state index contributed by atoms with van der Waals surface area (Å²) in [7, 11) is 3.96. The highest BCUT2D eigenvalue weighted by molar-refractivity contribution is 5.95. The van der Waals surface area contributed by atoms with Crippen LogP contribution in [0.5, 0.6) is 0 Å². The number of pyridine rings is 1. The predicted octanol–water partition coefficient (Wildman–Crippen LogP) is 3.16. The molecule has 2 aromatic heterocycles. The van der Waals surface area contributed by atoms with Gasteiger partial charge in [0, 0.05) is 33.2 Å². The molecule has 134 valence electrons. The van der Waals surface area contributed by atoms with Crippen molar-refractivity contribution in [1.82, 2.24) is 9.88 Å². The van der Waals surface area contributed by atoms with Crippen molar-refractivity contribution in [2.75, 3.05) is 37.4 Å². The number of carbonyl (C=O) groups excluding carboxylic acids is 1. The second-order valence-electron chi connectivity index (χ2n) is 6.75. The summed E-state index contributed by atoms with van der Waals surface area (Å²) in [5, 5.41) is 3.56. The van der Waals surface area contributed by atoms with E-state index in [9.17, 15) is 4.79 Å². The minimum atomic E-state index is 0.0731. The van der Waals surface area contributed by atoms with E-state index in [2.05, 4.69) is 16.4 Å². The van der Waals surface area contributed by atoms with E-state index in [0.29, 0.717) is 17.4 Å². The number of carbonyl (C=O) groups is 1. The van der Waals surface area contributed by atoms with Crippen LogP contribution in [0, 0.1) is 6.92 Å². The van der Waals surface area contributed by atoms with Crippen LogP contribution < -0.4 is 10.2 Å². The van der Waals surface area contributed by atoms with Crippen molar-refractivity contribution in [2.24, 2.45) is 0 Å². The molecule has 1 atom stereocenters. The molecule has 0 aliphatic carbocycles. The summed E-state index contributed by atoms with van der Waals surface area (Å²) in [4.78, 5) is 21.0. The Bertz CT molecular complexity index is 708. The van der Waals surface area contributed by atoms with Crippen LogP contribution in [-0.4, -0.2) is 49.0 Å². The number of hydrogen-bond acceptors (Lipinski definition) is 5. The van der Waals surface area contributed by atoms with E-state index >= 15 is 0 Å². The Morgan fingerprint density at radius 1 is 1.28 bits per heavy atom. The Kier molecular flexibility index (Phi) is 5.26. The molecule has 0 aromatic carbocycles. The fraction of sp³-hybridized carbons (Fsp3) is 0.474. The van der Waals surface area contributed by atoms with Gasteiger partial charge in [-0.05, 0) is 44.4 Å². The third kappa shape index (κ3) is 4.13. The van der Waals surface area contributed by atoms with E-state index in [0.717, 1.165) is 43.9 Å². The van der Waals surface area contributed by atoms with Crippen LogP contribution in [0.15, 0.2) is 35.1 Å². The molecule has 0 saturated carbocycles. The molecule has 1 fully saturated rings. The molecule has 0 spiro atoms. The number of aromatic nitrogens is 1. The normalized spacial score (nSPS) is 17.9. The van der Waals surface area contributed by atoms with E-state index in [-0.39, 0.29) is 5.91 Å². The molecule has 3 heterocycles. The average Bonchev–Trinajstić information content (AvgIpc) is 2.89. The molecular weight excluding hydrogens is 316 g/mol. The second kappa shape index (κ2) is 7.59. The number of aryl methyl sites for hydroxylation is 1. The lowest BCUT2D eigenvalue weighted by Crippen LogP contribution is -2.32. The maximum absolute atomic E-state index is 12.6. The fourth-order valence-corrected chi connectivity index (χ4v) is 3.19. The van der Waals surface area contributed by atoms with Crippen LogP contribution in [0.3, 0.4) is 0 Å². The van der Waals surface area contributed by atoms with Crippen molar-refractivity contribution in [3.05, 3.63) is 42.0 Å². The molecule has 1 amide bonds. The van der Waals surface area contributed by atoms with Crippen molar-refractivity contribution in [3.63, 3.8) is 0 Å². The standard InChI is InChI=1S/C19H26N4O2/c1-14-17(9-12-25-14)19(24)23-10-4-5-15(8-11-23)21-16-6-7-18(20-13-16)22(2)3/h6-7,9,12-13,15,21H,4-5,8,10-11H2,1-3H3. The first-order valence-corrected chi connectivity index (χ1v) is 8.78. The van der Waals surface area contributed by atoms with Gasteiger partial charge in [0.25, 0.3) is 5.91 Å². The van der Waals surface area contributed by atoms with Crippen molar-refractivity contribution in [3.8, 4) is 0 Å². The van der Waals surface area contributed by atoms with Crippen LogP contribution in [-0.2, 0) is 0 Å². The Labute approximate surface area is 148 Å². The Hall–Kier alpha value is -2.50. The largest absolute Gasteiger partial charge is 0.469 e. The number of amides is 1. The first-order chi connectivity index (χ1) is 12.0. The molecule has 2 aromatic rings. The number of nitrogens with one attached hydrogen (secondary N) is 1. The number of furan rings is 1. The SMILES string of the molecule is Cc1occc1C(=O)N1CCCC(Nc2ccc(N(C)C)nc2)CC1. The second-order valence-corrected chi connectivity index (χ2v) is 6.75. The van der Waals surface area contributed by atoms with Crippen LogP contribution >= 0.6 is 0 Å². The number of hydrogen-bond donors (Lipinski definition) is 1. The van der Waals surface area contributed by atoms with E-state index in [1.807, 2.05) is 43.1 Å². The predicted molar refractivity (Wildman–Crippen MR) is 99.2 cm³/mol. The fourth-order valence-electron chi connectivity index (χ4n) is 3.19. The lowest BCUT2D eigenvalue weighted by molar-refractivity contribution is 0.0759. The highest BCUT2D eigenvalue weighted by Crippen LogP contribution is 2.20. The zero-order valence-electron chi connectivity index (χ0n) is 15.2. The van der Waals surface area contributed by atoms with Gasteiger partial charge in [0.15, 0.2) is 0 Å². The number of nitrogens with zero attached hydrogens (tertiary/aromatic N) is 3. The van der Waals surface area contributed by atoms with Gasteiger partial charge in [0.2, 0.25) is 0 Å². The molecular formula is C19H26N4O2. The molecule has 1 unspecified atom stereocenters. The quantitative estimate of drug-likeness (QED) is 0.925. The molecule has 0 radical (unpaired) electrons. The lowest BCUT2D eigenvalue weighted by atomic mass is 10.1. The smallest absolute Gasteiger partial charge is 0.257 e. The monoisotopic (exact) mass is 342 g/mol. The van der Waals surface area contributed by atoms with Crippen molar-refractivity contribution >= 4 is 17.4 Å². The highest BCUT2D eigenvalue weighted by atomic mass is 16.3. The van der Waals surface area contributed by atoms with Crippen LogP contribution in [0.1, 0.15) is 35.4 Å². The highest BCUT2D eigenvalue weighted by Gasteiger charge is 2.23. The Balaban J connectivity index is 1.58. The average molecular weight is 342 g/mol. The number of rotatable bonds is 4. The van der Waals surface area contributed by atoms with Gasteiger partial charge in [0.1, 0.15) is 11.6 Å². The van der Waals surface area contributed by atoms with E-state index in [1.165, 1.54) is 0 Å². The third-order valence-corrected chi connectivity index (χ3v) is 4.68. The van der Waals surface area contributed by atoms with Gasteiger partial charge in [-0.15, -0.1) is 0 Å². The van der Waals surface area contributed by atoms with Crippen molar-refractivity contribution in [1.29, 1.82) is 0 Å². The summed E-state index contributed by atoms with van der Waals surface area (Å²) in [6, 6.07) is 6.19. The minimum absolute atomic E-state index is 0.0731. The molecule has 3 rings (SSSR count). The van der Waals surface area contributed by atoms with Gasteiger partial charge < -0.3 is 19.5 Å². The van der Waals surface area contributed by atoms with Crippen LogP contribution in [0.4, 0.5) is 11.5 Å². The first-order valence-electron chi connectivity index (χ1n) is 8.78. The molecule has 0 bridgehead atoms. The van der Waals surface area contributed by atoms with Crippen LogP contribution in [0.2, 0.25) is 0 Å². The van der Waals surface area contributed by atoms with Crippen molar-refractivity contribution < 1.29 is 9.21 Å². The van der Waals surface area contributed by atoms with Crippen LogP contribution in [0.25, 0.3) is 0 Å².